The zero-order chi connectivity index (χ0) is 15.5. The highest BCUT2D eigenvalue weighted by atomic mass is 35.5. The van der Waals surface area contributed by atoms with Crippen molar-refractivity contribution >= 4 is 40.3 Å². The Morgan fingerprint density at radius 2 is 2.05 bits per heavy atom. The van der Waals surface area contributed by atoms with Crippen molar-refractivity contribution in [1.29, 1.82) is 0 Å². The summed E-state index contributed by atoms with van der Waals surface area (Å²) in [6, 6.07) is 14.5. The average Bonchev–Trinajstić information content (AvgIpc) is 2.90. The van der Waals surface area contributed by atoms with Crippen LogP contribution in [0.1, 0.15) is 17.9 Å². The van der Waals surface area contributed by atoms with E-state index in [1.54, 1.807) is 30.3 Å². The van der Waals surface area contributed by atoms with Gasteiger partial charge in [-0.05, 0) is 35.9 Å². The summed E-state index contributed by atoms with van der Waals surface area (Å²) in [5, 5.41) is 9.70. The first-order valence-corrected chi connectivity index (χ1v) is 7.03. The van der Waals surface area contributed by atoms with Crippen LogP contribution in [0.25, 0.3) is 22.7 Å². The predicted molar refractivity (Wildman–Crippen MR) is 85.6 cm³/mol. The second-order valence-electron chi connectivity index (χ2n) is 4.78. The molecule has 0 aliphatic rings. The number of fused-ring (bicyclic) bond motifs is 1. The van der Waals surface area contributed by atoms with Gasteiger partial charge in [-0.1, -0.05) is 35.9 Å². The Hall–Kier alpha value is -2.59. The third-order valence-corrected chi connectivity index (χ3v) is 3.33. The summed E-state index contributed by atoms with van der Waals surface area (Å²) in [6.07, 6.45) is 1.55. The number of carboxylic acid groups (broad SMARTS) is 1. The molecule has 3 rings (SSSR count). The molecule has 1 heterocycles. The largest absolute Gasteiger partial charge is 0.481 e. The van der Waals surface area contributed by atoms with Gasteiger partial charge in [-0.3, -0.25) is 4.79 Å². The van der Waals surface area contributed by atoms with Crippen molar-refractivity contribution < 1.29 is 14.3 Å². The Morgan fingerprint density at radius 3 is 2.77 bits per heavy atom. The van der Waals surface area contributed by atoms with Gasteiger partial charge >= 0.3 is 5.97 Å². The van der Waals surface area contributed by atoms with Gasteiger partial charge in [0.05, 0.1) is 6.42 Å². The number of nitrogens with zero attached hydrogens (tertiary/aromatic N) is 1. The third-order valence-electron chi connectivity index (χ3n) is 3.10. The Morgan fingerprint density at radius 1 is 1.23 bits per heavy atom. The zero-order valence-electron chi connectivity index (χ0n) is 11.5. The summed E-state index contributed by atoms with van der Waals surface area (Å²) < 4.78 is 5.66. The average molecular weight is 314 g/mol. The fourth-order valence-electron chi connectivity index (χ4n) is 2.16. The molecule has 0 aliphatic heterocycles. The van der Waals surface area contributed by atoms with Crippen LogP contribution in [0.5, 0.6) is 0 Å². The lowest BCUT2D eigenvalue weighted by molar-refractivity contribution is -0.135. The van der Waals surface area contributed by atoms with Crippen LogP contribution >= 0.6 is 11.6 Å². The molecule has 0 bridgehead atoms. The van der Waals surface area contributed by atoms with E-state index in [0.717, 1.165) is 5.56 Å². The van der Waals surface area contributed by atoms with Gasteiger partial charge in [-0.25, -0.2) is 4.98 Å². The van der Waals surface area contributed by atoms with Crippen molar-refractivity contribution in [1.82, 2.24) is 4.98 Å². The van der Waals surface area contributed by atoms with Crippen LogP contribution < -0.4 is 0 Å². The van der Waals surface area contributed by atoms with E-state index >= 15 is 0 Å². The normalized spacial score (nSPS) is 11.8. The zero-order valence-corrected chi connectivity index (χ0v) is 12.2. The third kappa shape index (κ3) is 3.18. The number of hydrogen-bond acceptors (Lipinski definition) is 3. The number of hydrogen-bond donors (Lipinski definition) is 1. The van der Waals surface area contributed by atoms with Gasteiger partial charge in [0.15, 0.2) is 5.58 Å². The smallest absolute Gasteiger partial charge is 0.308 e. The van der Waals surface area contributed by atoms with Crippen molar-refractivity contribution in [3.05, 3.63) is 65.0 Å². The standard InChI is InChI=1S/C17H12ClNO3/c18-13-5-3-4-11(9-13)8-12(10-16(20)21)17-19-14-6-1-2-7-15(14)22-17/h1-9H,10H2,(H,20,21)/b12-8+. The summed E-state index contributed by atoms with van der Waals surface area (Å²) in [5.74, 6) is -0.640. The number of oxazole rings is 1. The fraction of sp³-hybridized carbons (Fsp3) is 0.0588. The van der Waals surface area contributed by atoms with E-state index in [1.807, 2.05) is 24.3 Å². The number of para-hydroxylation sites is 2. The molecule has 2 aromatic carbocycles. The van der Waals surface area contributed by atoms with Gasteiger partial charge in [-0.2, -0.15) is 0 Å². The first-order chi connectivity index (χ1) is 10.6. The maximum absolute atomic E-state index is 11.1. The van der Waals surface area contributed by atoms with Gasteiger partial charge in [0, 0.05) is 10.6 Å². The Kier molecular flexibility index (Phi) is 3.94. The number of aromatic nitrogens is 1. The first-order valence-electron chi connectivity index (χ1n) is 6.66. The highest BCUT2D eigenvalue weighted by Crippen LogP contribution is 2.26. The van der Waals surface area contributed by atoms with Crippen molar-refractivity contribution in [3.8, 4) is 0 Å². The number of halogens is 1. The van der Waals surface area contributed by atoms with E-state index in [9.17, 15) is 4.79 Å². The summed E-state index contributed by atoms with van der Waals surface area (Å²) in [5.41, 5.74) is 2.61. The van der Waals surface area contributed by atoms with Crippen LogP contribution in [0.3, 0.4) is 0 Å². The topological polar surface area (TPSA) is 63.3 Å². The molecule has 22 heavy (non-hydrogen) atoms. The molecule has 0 spiro atoms. The predicted octanol–water partition coefficient (Wildman–Crippen LogP) is 4.50. The van der Waals surface area contributed by atoms with Crippen molar-refractivity contribution in [3.63, 3.8) is 0 Å². The molecule has 0 saturated carbocycles. The molecule has 0 fully saturated rings. The number of rotatable bonds is 4. The van der Waals surface area contributed by atoms with Gasteiger partial charge in [0.25, 0.3) is 0 Å². The maximum Gasteiger partial charge on any atom is 0.308 e. The van der Waals surface area contributed by atoms with Crippen molar-refractivity contribution in [2.75, 3.05) is 0 Å². The molecule has 4 nitrogen and oxygen atoms in total. The molecule has 5 heteroatoms. The van der Waals surface area contributed by atoms with E-state index in [1.165, 1.54) is 0 Å². The Bertz CT molecular complexity index is 834. The fourth-order valence-corrected chi connectivity index (χ4v) is 2.36. The van der Waals surface area contributed by atoms with Crippen molar-refractivity contribution in [2.24, 2.45) is 0 Å². The molecule has 0 amide bonds. The first kappa shape index (κ1) is 14.4. The van der Waals surface area contributed by atoms with Gasteiger partial charge in [0.1, 0.15) is 5.52 Å². The van der Waals surface area contributed by atoms with E-state index in [-0.39, 0.29) is 6.42 Å². The minimum atomic E-state index is -0.949. The monoisotopic (exact) mass is 313 g/mol. The number of benzene rings is 2. The minimum absolute atomic E-state index is 0.181. The molecule has 1 aromatic heterocycles. The molecule has 0 radical (unpaired) electrons. The quantitative estimate of drug-likeness (QED) is 0.770. The lowest BCUT2D eigenvalue weighted by Gasteiger charge is -2.01. The van der Waals surface area contributed by atoms with Crippen LogP contribution in [0.2, 0.25) is 5.02 Å². The molecular weight excluding hydrogens is 302 g/mol. The highest BCUT2D eigenvalue weighted by Gasteiger charge is 2.14. The summed E-state index contributed by atoms with van der Waals surface area (Å²) >= 11 is 5.96. The summed E-state index contributed by atoms with van der Waals surface area (Å²) in [7, 11) is 0. The molecule has 1 N–H and O–H groups in total. The molecule has 0 saturated heterocycles. The summed E-state index contributed by atoms with van der Waals surface area (Å²) in [4.78, 5) is 15.5. The highest BCUT2D eigenvalue weighted by molar-refractivity contribution is 6.30. The van der Waals surface area contributed by atoms with E-state index < -0.39 is 5.97 Å². The lowest BCUT2D eigenvalue weighted by Crippen LogP contribution is -1.97. The second kappa shape index (κ2) is 6.03. The second-order valence-corrected chi connectivity index (χ2v) is 5.22. The van der Waals surface area contributed by atoms with Crippen molar-refractivity contribution in [2.45, 2.75) is 6.42 Å². The van der Waals surface area contributed by atoms with Gasteiger partial charge in [-0.15, -0.1) is 0 Å². The van der Waals surface area contributed by atoms with E-state index in [4.69, 9.17) is 21.1 Å². The Labute approximate surface area is 131 Å². The number of aliphatic carboxylic acids is 1. The molecule has 0 aliphatic carbocycles. The lowest BCUT2D eigenvalue weighted by atomic mass is 10.1. The summed E-state index contributed by atoms with van der Waals surface area (Å²) in [6.45, 7) is 0. The van der Waals surface area contributed by atoms with E-state index in [0.29, 0.717) is 27.6 Å². The van der Waals surface area contributed by atoms with Gasteiger partial charge < -0.3 is 9.52 Å². The van der Waals surface area contributed by atoms with Crippen LogP contribution in [0, 0.1) is 0 Å². The molecule has 0 atom stereocenters. The maximum atomic E-state index is 11.1. The molecule has 110 valence electrons. The van der Waals surface area contributed by atoms with Crippen LogP contribution in [0.15, 0.2) is 52.9 Å². The van der Waals surface area contributed by atoms with E-state index in [2.05, 4.69) is 4.98 Å². The Balaban J connectivity index is 2.07. The van der Waals surface area contributed by atoms with Crippen LogP contribution in [-0.2, 0) is 4.79 Å². The molecule has 3 aromatic rings. The number of carbonyl (C=O) groups is 1. The molecular formula is C17H12ClNO3. The van der Waals surface area contributed by atoms with Gasteiger partial charge in [0.2, 0.25) is 5.89 Å². The minimum Gasteiger partial charge on any atom is -0.481 e. The molecule has 0 unspecified atom stereocenters. The van der Waals surface area contributed by atoms with Crippen LogP contribution in [0.4, 0.5) is 0 Å². The van der Waals surface area contributed by atoms with Crippen LogP contribution in [-0.4, -0.2) is 16.1 Å². The number of carboxylic acids is 1. The SMILES string of the molecule is O=C(O)C/C(=C\c1cccc(Cl)c1)c1nc2ccccc2o1.